The molecule has 4 nitrogen and oxygen atoms in total. The third-order valence-electron chi connectivity index (χ3n) is 3.29. The summed E-state index contributed by atoms with van der Waals surface area (Å²) in [6, 6.07) is 7.69. The Morgan fingerprint density at radius 3 is 2.61 bits per heavy atom. The molecule has 2 unspecified atom stereocenters. The van der Waals surface area contributed by atoms with E-state index in [0.717, 1.165) is 11.1 Å². The van der Waals surface area contributed by atoms with Crippen LogP contribution in [0.15, 0.2) is 24.3 Å². The van der Waals surface area contributed by atoms with Crippen molar-refractivity contribution < 1.29 is 13.5 Å². The highest BCUT2D eigenvalue weighted by Gasteiger charge is 2.27. The van der Waals surface area contributed by atoms with Crippen LogP contribution in [0.5, 0.6) is 0 Å². The molecule has 2 rings (SSSR count). The molecule has 1 heterocycles. The summed E-state index contributed by atoms with van der Waals surface area (Å²) in [5.41, 5.74) is 2.01. The summed E-state index contributed by atoms with van der Waals surface area (Å²) < 4.78 is 22.6. The molecule has 1 saturated heterocycles. The van der Waals surface area contributed by atoms with E-state index in [4.69, 9.17) is 0 Å². The first-order valence-electron chi connectivity index (χ1n) is 6.15. The van der Waals surface area contributed by atoms with E-state index in [1.165, 1.54) is 0 Å². The van der Waals surface area contributed by atoms with Crippen LogP contribution in [-0.4, -0.2) is 37.6 Å². The second-order valence-electron chi connectivity index (χ2n) is 4.93. The van der Waals surface area contributed by atoms with E-state index in [1.54, 1.807) is 0 Å². The monoisotopic (exact) mass is 269 g/mol. The molecule has 0 aromatic heterocycles. The van der Waals surface area contributed by atoms with Crippen molar-refractivity contribution in [2.75, 3.05) is 18.1 Å². The Morgan fingerprint density at radius 2 is 2.06 bits per heavy atom. The van der Waals surface area contributed by atoms with Crippen LogP contribution in [0, 0.1) is 6.92 Å². The molecule has 1 aromatic carbocycles. The van der Waals surface area contributed by atoms with E-state index in [2.05, 4.69) is 5.32 Å². The molecule has 2 N–H and O–H groups in total. The van der Waals surface area contributed by atoms with E-state index in [0.29, 0.717) is 13.0 Å². The normalized spacial score (nSPS) is 24.0. The molecule has 0 aliphatic carbocycles. The first kappa shape index (κ1) is 13.5. The zero-order chi connectivity index (χ0) is 13.2. The van der Waals surface area contributed by atoms with Crippen LogP contribution >= 0.6 is 0 Å². The van der Waals surface area contributed by atoms with E-state index < -0.39 is 15.9 Å². The third kappa shape index (κ3) is 3.54. The molecule has 1 aliphatic rings. The Labute approximate surface area is 108 Å². The number of rotatable bonds is 4. The van der Waals surface area contributed by atoms with E-state index in [-0.39, 0.29) is 17.5 Å². The van der Waals surface area contributed by atoms with Crippen molar-refractivity contribution in [3.8, 4) is 0 Å². The van der Waals surface area contributed by atoms with Gasteiger partial charge in [0, 0.05) is 12.6 Å². The van der Waals surface area contributed by atoms with Crippen molar-refractivity contribution in [2.45, 2.75) is 25.5 Å². The van der Waals surface area contributed by atoms with Gasteiger partial charge in [0.1, 0.15) is 0 Å². The molecule has 100 valence electrons. The van der Waals surface area contributed by atoms with Crippen molar-refractivity contribution in [2.24, 2.45) is 0 Å². The maximum Gasteiger partial charge on any atom is 0.151 e. The average molecular weight is 269 g/mol. The zero-order valence-corrected chi connectivity index (χ0v) is 11.3. The highest BCUT2D eigenvalue weighted by atomic mass is 32.2. The first-order valence-corrected chi connectivity index (χ1v) is 7.97. The summed E-state index contributed by atoms with van der Waals surface area (Å²) in [7, 11) is -2.86. The van der Waals surface area contributed by atoms with Gasteiger partial charge < -0.3 is 10.4 Å². The second-order valence-corrected chi connectivity index (χ2v) is 7.16. The van der Waals surface area contributed by atoms with Gasteiger partial charge in [-0.2, -0.15) is 0 Å². The van der Waals surface area contributed by atoms with Crippen molar-refractivity contribution in [1.82, 2.24) is 5.32 Å². The topological polar surface area (TPSA) is 66.4 Å². The van der Waals surface area contributed by atoms with Gasteiger partial charge in [0.05, 0.1) is 17.6 Å². The zero-order valence-electron chi connectivity index (χ0n) is 10.5. The summed E-state index contributed by atoms with van der Waals surface area (Å²) in [5, 5.41) is 13.1. The van der Waals surface area contributed by atoms with Crippen LogP contribution in [0.3, 0.4) is 0 Å². The van der Waals surface area contributed by atoms with Crippen LogP contribution in [0.1, 0.15) is 23.7 Å². The van der Waals surface area contributed by atoms with Crippen molar-refractivity contribution in [3.63, 3.8) is 0 Å². The molecule has 0 amide bonds. The average Bonchev–Trinajstić information content (AvgIpc) is 2.67. The molecular weight excluding hydrogens is 250 g/mol. The summed E-state index contributed by atoms with van der Waals surface area (Å²) in [6.45, 7) is 2.39. The number of hydrogen-bond donors (Lipinski definition) is 2. The number of sulfone groups is 1. The minimum Gasteiger partial charge on any atom is -0.387 e. The predicted molar refractivity (Wildman–Crippen MR) is 71.2 cm³/mol. The largest absolute Gasteiger partial charge is 0.387 e. The Morgan fingerprint density at radius 1 is 1.39 bits per heavy atom. The fraction of sp³-hybridized carbons (Fsp3) is 0.538. The Hall–Kier alpha value is -0.910. The number of nitrogens with one attached hydrogen (secondary N) is 1. The molecule has 0 radical (unpaired) electrons. The summed E-state index contributed by atoms with van der Waals surface area (Å²) in [5.74, 6) is 0.443. The molecule has 1 aliphatic heterocycles. The number of aryl methyl sites for hydroxylation is 1. The smallest absolute Gasteiger partial charge is 0.151 e. The van der Waals surface area contributed by atoms with Crippen molar-refractivity contribution >= 4 is 9.84 Å². The molecule has 0 bridgehead atoms. The van der Waals surface area contributed by atoms with Crippen LogP contribution in [0.25, 0.3) is 0 Å². The summed E-state index contributed by atoms with van der Waals surface area (Å²) >= 11 is 0. The van der Waals surface area contributed by atoms with Gasteiger partial charge in [0.2, 0.25) is 0 Å². The lowest BCUT2D eigenvalue weighted by atomic mass is 10.1. The minimum absolute atomic E-state index is 0.0184. The SMILES string of the molecule is Cc1ccc(C(O)CNC2CCS(=O)(=O)C2)cc1. The molecule has 18 heavy (non-hydrogen) atoms. The minimum atomic E-state index is -2.86. The van der Waals surface area contributed by atoms with Crippen LogP contribution < -0.4 is 5.32 Å². The van der Waals surface area contributed by atoms with Crippen LogP contribution in [-0.2, 0) is 9.84 Å². The lowest BCUT2D eigenvalue weighted by Crippen LogP contribution is -2.33. The number of benzene rings is 1. The van der Waals surface area contributed by atoms with Gasteiger partial charge in [-0.3, -0.25) is 0 Å². The Kier molecular flexibility index (Phi) is 4.04. The highest BCUT2D eigenvalue weighted by molar-refractivity contribution is 7.91. The lowest BCUT2D eigenvalue weighted by molar-refractivity contribution is 0.171. The third-order valence-corrected chi connectivity index (χ3v) is 5.06. The van der Waals surface area contributed by atoms with E-state index in [1.807, 2.05) is 31.2 Å². The summed E-state index contributed by atoms with van der Waals surface area (Å²) in [6.07, 6.45) is 0.0528. The van der Waals surface area contributed by atoms with Gasteiger partial charge in [0.15, 0.2) is 9.84 Å². The van der Waals surface area contributed by atoms with Gasteiger partial charge in [-0.05, 0) is 18.9 Å². The quantitative estimate of drug-likeness (QED) is 0.848. The number of aliphatic hydroxyl groups excluding tert-OH is 1. The van der Waals surface area contributed by atoms with Crippen molar-refractivity contribution in [1.29, 1.82) is 0 Å². The van der Waals surface area contributed by atoms with Gasteiger partial charge in [-0.25, -0.2) is 8.42 Å². The van der Waals surface area contributed by atoms with Gasteiger partial charge in [0.25, 0.3) is 0 Å². The molecule has 1 aromatic rings. The van der Waals surface area contributed by atoms with Gasteiger partial charge in [-0.1, -0.05) is 29.8 Å². The standard InChI is InChI=1S/C13H19NO3S/c1-10-2-4-11(5-3-10)13(15)8-14-12-6-7-18(16,17)9-12/h2-5,12-15H,6-9H2,1H3. The molecular formula is C13H19NO3S. The van der Waals surface area contributed by atoms with Crippen LogP contribution in [0.4, 0.5) is 0 Å². The maximum absolute atomic E-state index is 11.3. The highest BCUT2D eigenvalue weighted by Crippen LogP contribution is 2.15. The lowest BCUT2D eigenvalue weighted by Gasteiger charge is -2.15. The molecule has 5 heteroatoms. The number of hydrogen-bond acceptors (Lipinski definition) is 4. The second kappa shape index (κ2) is 5.38. The fourth-order valence-corrected chi connectivity index (χ4v) is 3.85. The van der Waals surface area contributed by atoms with Crippen LogP contribution in [0.2, 0.25) is 0 Å². The molecule has 1 fully saturated rings. The number of aliphatic hydroxyl groups is 1. The molecule has 0 spiro atoms. The predicted octanol–water partition coefficient (Wildman–Crippen LogP) is 0.805. The first-order chi connectivity index (χ1) is 8.46. The van der Waals surface area contributed by atoms with E-state index in [9.17, 15) is 13.5 Å². The van der Waals surface area contributed by atoms with E-state index >= 15 is 0 Å². The van der Waals surface area contributed by atoms with Gasteiger partial charge in [-0.15, -0.1) is 0 Å². The Bertz CT molecular complexity index is 495. The van der Waals surface area contributed by atoms with Crippen molar-refractivity contribution in [3.05, 3.63) is 35.4 Å². The maximum atomic E-state index is 11.3. The molecule has 0 saturated carbocycles. The Balaban J connectivity index is 1.85. The summed E-state index contributed by atoms with van der Waals surface area (Å²) in [4.78, 5) is 0. The fourth-order valence-electron chi connectivity index (χ4n) is 2.14. The molecule has 2 atom stereocenters. The van der Waals surface area contributed by atoms with Gasteiger partial charge >= 0.3 is 0 Å².